The maximum absolute atomic E-state index is 12.9. The number of amides is 1. The molecule has 1 aliphatic heterocycles. The van der Waals surface area contributed by atoms with Gasteiger partial charge in [-0.25, -0.2) is 9.80 Å². The van der Waals surface area contributed by atoms with E-state index in [9.17, 15) is 19.7 Å². The van der Waals surface area contributed by atoms with Crippen LogP contribution in [-0.4, -0.2) is 48.3 Å². The van der Waals surface area contributed by atoms with E-state index in [1.54, 1.807) is 24.3 Å². The zero-order valence-corrected chi connectivity index (χ0v) is 18.1. The van der Waals surface area contributed by atoms with Crippen molar-refractivity contribution in [2.24, 2.45) is 5.10 Å². The number of nitrogens with zero attached hydrogens (tertiary/aromatic N) is 3. The fourth-order valence-corrected chi connectivity index (χ4v) is 3.49. The van der Waals surface area contributed by atoms with Crippen molar-refractivity contribution in [3.05, 3.63) is 76.1 Å². The third kappa shape index (κ3) is 4.33. The Hall–Kier alpha value is -4.61. The molecule has 0 spiro atoms. The van der Waals surface area contributed by atoms with E-state index < -0.39 is 35.1 Å². The van der Waals surface area contributed by atoms with Crippen LogP contribution in [0.15, 0.2) is 62.9 Å². The zero-order valence-electron chi connectivity index (χ0n) is 18.1. The molecule has 1 aliphatic rings. The van der Waals surface area contributed by atoms with Crippen LogP contribution in [0.25, 0.3) is 0 Å². The SMILES string of the molecule is COc1cc(C(=O)OCC(=O)N2N=C(c3ccco3)CC2c2ccco2)c([N+](=O)[O-])cc1OC. The van der Waals surface area contributed by atoms with Crippen molar-refractivity contribution in [2.45, 2.75) is 12.5 Å². The standard InChI is InChI=1S/C22H19N3O9/c1-30-19-9-13(15(25(28)29)11-20(19)31-2)22(27)34-12-21(26)24-16(18-6-4-8-33-18)10-14(23-24)17-5-3-7-32-17/h3-9,11,16H,10,12H2,1-2H3. The summed E-state index contributed by atoms with van der Waals surface area (Å²) in [5.74, 6) is -0.591. The maximum atomic E-state index is 12.9. The molecule has 1 atom stereocenters. The minimum atomic E-state index is -1.08. The van der Waals surface area contributed by atoms with Crippen molar-refractivity contribution < 1.29 is 37.6 Å². The number of methoxy groups -OCH3 is 2. The zero-order chi connectivity index (χ0) is 24.2. The number of carbonyl (C=O) groups excluding carboxylic acids is 2. The van der Waals surface area contributed by atoms with Gasteiger partial charge in [-0.15, -0.1) is 0 Å². The number of benzene rings is 1. The number of esters is 1. The van der Waals surface area contributed by atoms with E-state index in [2.05, 4.69) is 5.10 Å². The summed E-state index contributed by atoms with van der Waals surface area (Å²) in [5.41, 5.74) is -0.427. The first-order chi connectivity index (χ1) is 16.4. The molecule has 3 heterocycles. The average molecular weight is 469 g/mol. The molecule has 4 rings (SSSR count). The normalized spacial score (nSPS) is 15.1. The predicted octanol–water partition coefficient (Wildman–Crippen LogP) is 3.33. The summed E-state index contributed by atoms with van der Waals surface area (Å²) in [6, 6.07) is 8.38. The van der Waals surface area contributed by atoms with E-state index in [0.29, 0.717) is 23.7 Å². The molecule has 34 heavy (non-hydrogen) atoms. The number of rotatable bonds is 8. The van der Waals surface area contributed by atoms with Crippen LogP contribution in [-0.2, 0) is 9.53 Å². The number of nitro groups is 1. The molecule has 0 fully saturated rings. The summed E-state index contributed by atoms with van der Waals surface area (Å²) >= 11 is 0. The Morgan fingerprint density at radius 1 is 1.15 bits per heavy atom. The highest BCUT2D eigenvalue weighted by atomic mass is 16.6. The summed E-state index contributed by atoms with van der Waals surface area (Å²) in [5, 5.41) is 16.9. The van der Waals surface area contributed by atoms with E-state index in [4.69, 9.17) is 23.0 Å². The van der Waals surface area contributed by atoms with Gasteiger partial charge in [-0.1, -0.05) is 0 Å². The fourth-order valence-electron chi connectivity index (χ4n) is 3.49. The fraction of sp³-hybridized carbons (Fsp3) is 0.227. The first-order valence-corrected chi connectivity index (χ1v) is 9.97. The van der Waals surface area contributed by atoms with E-state index >= 15 is 0 Å². The van der Waals surface area contributed by atoms with Gasteiger partial charge in [-0.3, -0.25) is 14.9 Å². The smallest absolute Gasteiger partial charge is 0.345 e. The number of hydrogen-bond acceptors (Lipinski definition) is 10. The van der Waals surface area contributed by atoms with Gasteiger partial charge in [0.05, 0.1) is 37.7 Å². The summed E-state index contributed by atoms with van der Waals surface area (Å²) in [4.78, 5) is 36.3. The molecule has 0 bridgehead atoms. The molecule has 0 aliphatic carbocycles. The number of hydrazone groups is 1. The van der Waals surface area contributed by atoms with Crippen molar-refractivity contribution in [2.75, 3.05) is 20.8 Å². The monoisotopic (exact) mass is 469 g/mol. The first kappa shape index (κ1) is 22.6. The molecule has 12 heteroatoms. The van der Waals surface area contributed by atoms with Crippen LogP contribution in [0.1, 0.15) is 34.3 Å². The molecule has 3 aromatic rings. The summed E-state index contributed by atoms with van der Waals surface area (Å²) in [6.45, 7) is -0.712. The van der Waals surface area contributed by atoms with Crippen LogP contribution in [0.5, 0.6) is 11.5 Å². The summed E-state index contributed by atoms with van der Waals surface area (Å²) in [6.07, 6.45) is 3.28. The van der Waals surface area contributed by atoms with Crippen molar-refractivity contribution in [3.8, 4) is 11.5 Å². The van der Waals surface area contributed by atoms with Crippen molar-refractivity contribution in [1.29, 1.82) is 0 Å². The van der Waals surface area contributed by atoms with Crippen molar-refractivity contribution >= 4 is 23.3 Å². The van der Waals surface area contributed by atoms with E-state index in [0.717, 1.165) is 17.1 Å². The lowest BCUT2D eigenvalue weighted by Crippen LogP contribution is -2.31. The molecule has 0 saturated carbocycles. The van der Waals surface area contributed by atoms with E-state index in [1.807, 2.05) is 0 Å². The Morgan fingerprint density at radius 3 is 2.47 bits per heavy atom. The van der Waals surface area contributed by atoms with Crippen LogP contribution < -0.4 is 9.47 Å². The predicted molar refractivity (Wildman–Crippen MR) is 115 cm³/mol. The highest BCUT2D eigenvalue weighted by Gasteiger charge is 2.36. The van der Waals surface area contributed by atoms with Crippen LogP contribution in [0, 0.1) is 10.1 Å². The van der Waals surface area contributed by atoms with Gasteiger partial charge < -0.3 is 23.0 Å². The second-order valence-corrected chi connectivity index (χ2v) is 7.06. The second kappa shape index (κ2) is 9.48. The van der Waals surface area contributed by atoms with Gasteiger partial charge in [0, 0.05) is 12.5 Å². The lowest BCUT2D eigenvalue weighted by atomic mass is 10.1. The molecular weight excluding hydrogens is 450 g/mol. The highest BCUT2D eigenvalue weighted by molar-refractivity contribution is 6.01. The summed E-state index contributed by atoms with van der Waals surface area (Å²) in [7, 11) is 2.63. The molecule has 1 unspecified atom stereocenters. The van der Waals surface area contributed by atoms with E-state index in [1.165, 1.54) is 26.7 Å². The highest BCUT2D eigenvalue weighted by Crippen LogP contribution is 2.35. The molecule has 12 nitrogen and oxygen atoms in total. The molecule has 0 N–H and O–H groups in total. The van der Waals surface area contributed by atoms with Crippen molar-refractivity contribution in [3.63, 3.8) is 0 Å². The van der Waals surface area contributed by atoms with Crippen molar-refractivity contribution in [1.82, 2.24) is 5.01 Å². The Balaban J connectivity index is 1.54. The Labute approximate surface area is 192 Å². The van der Waals surface area contributed by atoms with Gasteiger partial charge in [0.1, 0.15) is 28.8 Å². The van der Waals surface area contributed by atoms with E-state index in [-0.39, 0.29) is 17.1 Å². The average Bonchev–Trinajstić information content (AvgIpc) is 3.61. The Bertz CT molecular complexity index is 1230. The number of hydrogen-bond donors (Lipinski definition) is 0. The van der Waals surface area contributed by atoms with Crippen LogP contribution in [0.2, 0.25) is 0 Å². The van der Waals surface area contributed by atoms with Gasteiger partial charge in [0.15, 0.2) is 18.1 Å². The molecule has 0 radical (unpaired) electrons. The third-order valence-electron chi connectivity index (χ3n) is 5.09. The maximum Gasteiger partial charge on any atom is 0.345 e. The lowest BCUT2D eigenvalue weighted by molar-refractivity contribution is -0.385. The summed E-state index contributed by atoms with van der Waals surface area (Å²) < 4.78 is 26.1. The molecule has 1 amide bonds. The van der Waals surface area contributed by atoms with Gasteiger partial charge >= 0.3 is 5.97 Å². The number of ether oxygens (including phenoxy) is 3. The molecule has 176 valence electrons. The second-order valence-electron chi connectivity index (χ2n) is 7.06. The Morgan fingerprint density at radius 2 is 1.85 bits per heavy atom. The van der Waals surface area contributed by atoms with Crippen LogP contribution >= 0.6 is 0 Å². The largest absolute Gasteiger partial charge is 0.493 e. The number of nitro benzene ring substituents is 1. The molecule has 1 aromatic carbocycles. The van der Waals surface area contributed by atoms with Gasteiger partial charge in [-0.05, 0) is 24.3 Å². The lowest BCUT2D eigenvalue weighted by Gasteiger charge is -2.19. The number of furan rings is 2. The number of carbonyl (C=O) groups is 2. The molecular formula is C22H19N3O9. The minimum Gasteiger partial charge on any atom is -0.493 e. The Kier molecular flexibility index (Phi) is 6.30. The quantitative estimate of drug-likeness (QED) is 0.275. The topological polar surface area (TPSA) is 147 Å². The minimum absolute atomic E-state index is 0.0694. The van der Waals surface area contributed by atoms with Gasteiger partial charge in [0.25, 0.3) is 11.6 Å². The third-order valence-corrected chi connectivity index (χ3v) is 5.09. The molecule has 0 saturated heterocycles. The van der Waals surface area contributed by atoms with Gasteiger partial charge in [-0.2, -0.15) is 5.10 Å². The molecule has 2 aromatic heterocycles. The van der Waals surface area contributed by atoms with Crippen LogP contribution in [0.4, 0.5) is 5.69 Å². The van der Waals surface area contributed by atoms with Crippen LogP contribution in [0.3, 0.4) is 0 Å². The first-order valence-electron chi connectivity index (χ1n) is 9.97. The van der Waals surface area contributed by atoms with Gasteiger partial charge in [0.2, 0.25) is 0 Å².